The molecular weight excluding hydrogens is 481 g/mol. The Labute approximate surface area is 214 Å². The van der Waals surface area contributed by atoms with E-state index in [1.165, 1.54) is 0 Å². The topological polar surface area (TPSA) is 82.7 Å². The van der Waals surface area contributed by atoms with Gasteiger partial charge in [0.2, 0.25) is 12.4 Å². The summed E-state index contributed by atoms with van der Waals surface area (Å²) >= 11 is 0. The minimum Gasteiger partial charge on any atom is -0.371 e. The van der Waals surface area contributed by atoms with Gasteiger partial charge in [-0.25, -0.2) is 22.7 Å². The molecule has 1 fully saturated rings. The summed E-state index contributed by atoms with van der Waals surface area (Å²) in [6.45, 7) is 6.04. The van der Waals surface area contributed by atoms with Crippen molar-refractivity contribution in [2.24, 2.45) is 4.99 Å². The number of likely N-dealkylation sites (tertiary alicyclic amines) is 1. The van der Waals surface area contributed by atoms with Gasteiger partial charge in [-0.3, -0.25) is 4.99 Å². The molecule has 0 saturated carbocycles. The first-order valence-corrected chi connectivity index (χ1v) is 12.9. The third-order valence-corrected chi connectivity index (χ3v) is 7.36. The van der Waals surface area contributed by atoms with E-state index in [0.29, 0.717) is 37.6 Å². The molecule has 3 aromatic rings. The highest BCUT2D eigenvalue weighted by atomic mass is 19.3. The summed E-state index contributed by atoms with van der Waals surface area (Å²) in [5.74, 6) is 0.898. The van der Waals surface area contributed by atoms with Crippen LogP contribution in [0.15, 0.2) is 29.4 Å². The number of pyridine rings is 1. The fourth-order valence-electron chi connectivity index (χ4n) is 5.31. The lowest BCUT2D eigenvalue weighted by Crippen LogP contribution is -2.47. The molecular formula is C26H33F3N8. The van der Waals surface area contributed by atoms with Crippen molar-refractivity contribution < 1.29 is 13.2 Å². The first kappa shape index (κ1) is 25.4. The quantitative estimate of drug-likeness (QED) is 0.403. The van der Waals surface area contributed by atoms with Crippen LogP contribution in [-0.2, 0) is 0 Å². The van der Waals surface area contributed by atoms with Crippen molar-refractivity contribution in [2.45, 2.75) is 64.1 Å². The highest BCUT2D eigenvalue weighted by molar-refractivity contribution is 5.96. The van der Waals surface area contributed by atoms with Crippen molar-refractivity contribution in [3.8, 4) is 11.3 Å². The van der Waals surface area contributed by atoms with Gasteiger partial charge in [0.05, 0.1) is 23.1 Å². The zero-order chi connectivity index (χ0) is 26.1. The van der Waals surface area contributed by atoms with Crippen molar-refractivity contribution in [3.05, 3.63) is 30.1 Å². The van der Waals surface area contributed by atoms with E-state index in [9.17, 15) is 13.2 Å². The van der Waals surface area contributed by atoms with E-state index in [2.05, 4.69) is 30.6 Å². The van der Waals surface area contributed by atoms with Gasteiger partial charge >= 0.3 is 0 Å². The van der Waals surface area contributed by atoms with Crippen LogP contribution in [-0.4, -0.2) is 75.5 Å². The minimum absolute atomic E-state index is 0.0637. The smallest absolute Gasteiger partial charge is 0.243 e. The standard InChI is InChI=1S/C26H33F3N8/c1-4-36-12-11-20(18(27)14-36)33-26-34-25(30-3)24-17(10-13-37(24)35-26)19-8-9-21-23(32-19)16(15(2)31-21)6-5-7-22(28)29/h8-10,13,16,18,20,22H,4-7,11-12,14H2,1-3H3,(H2,30,33,34,35)/t16?,18-,20+/m1/s1. The van der Waals surface area contributed by atoms with Crippen LogP contribution in [0.1, 0.15) is 51.1 Å². The molecule has 2 aliphatic heterocycles. The Kier molecular flexibility index (Phi) is 7.32. The largest absolute Gasteiger partial charge is 0.371 e. The van der Waals surface area contributed by atoms with Crippen LogP contribution in [0.25, 0.3) is 16.8 Å². The molecule has 5 heterocycles. The van der Waals surface area contributed by atoms with E-state index in [1.54, 1.807) is 11.6 Å². The van der Waals surface area contributed by atoms with Crippen molar-refractivity contribution >= 4 is 28.7 Å². The second kappa shape index (κ2) is 10.6. The van der Waals surface area contributed by atoms with Gasteiger partial charge in [0.15, 0.2) is 5.82 Å². The van der Waals surface area contributed by atoms with E-state index in [0.717, 1.165) is 47.0 Å². The molecule has 2 N–H and O–H groups in total. The minimum atomic E-state index is -2.30. The fraction of sp³-hybridized carbons (Fsp3) is 0.538. The Hall–Kier alpha value is -3.21. The molecule has 2 aliphatic rings. The number of nitrogens with one attached hydrogen (secondary N) is 2. The van der Waals surface area contributed by atoms with Crippen LogP contribution >= 0.6 is 0 Å². The summed E-state index contributed by atoms with van der Waals surface area (Å²) in [5.41, 5.74) is 4.85. The molecule has 0 aliphatic carbocycles. The Morgan fingerprint density at radius 3 is 2.76 bits per heavy atom. The van der Waals surface area contributed by atoms with Gasteiger partial charge in [-0.05, 0) is 50.9 Å². The maximum absolute atomic E-state index is 14.7. The van der Waals surface area contributed by atoms with Crippen LogP contribution in [0.3, 0.4) is 0 Å². The average Bonchev–Trinajstić information content (AvgIpc) is 3.44. The van der Waals surface area contributed by atoms with Gasteiger partial charge in [-0.2, -0.15) is 4.98 Å². The monoisotopic (exact) mass is 514 g/mol. The predicted octanol–water partition coefficient (Wildman–Crippen LogP) is 5.30. The molecule has 8 nitrogen and oxygen atoms in total. The van der Waals surface area contributed by atoms with Crippen molar-refractivity contribution in [2.75, 3.05) is 37.3 Å². The normalized spacial score (nSPS) is 21.9. The maximum atomic E-state index is 14.7. The summed E-state index contributed by atoms with van der Waals surface area (Å²) in [4.78, 5) is 16.3. The first-order valence-electron chi connectivity index (χ1n) is 12.9. The number of hydrogen-bond acceptors (Lipinski definition) is 7. The number of halogens is 3. The van der Waals surface area contributed by atoms with E-state index in [4.69, 9.17) is 4.98 Å². The Morgan fingerprint density at radius 1 is 1.19 bits per heavy atom. The molecule has 3 atom stereocenters. The number of rotatable bonds is 9. The molecule has 3 aromatic heterocycles. The molecule has 0 radical (unpaired) electrons. The van der Waals surface area contributed by atoms with Gasteiger partial charge in [0.1, 0.15) is 11.7 Å². The molecule has 1 saturated heterocycles. The van der Waals surface area contributed by atoms with Crippen LogP contribution in [0.2, 0.25) is 0 Å². The SMILES string of the molecule is CCN1CC[C@H](Nc2nc(NC)c3c(-c4ccc5c(n4)C(CCCC(F)F)C(C)=N5)ccn3n2)[C@H](F)C1. The van der Waals surface area contributed by atoms with Gasteiger partial charge in [-0.15, -0.1) is 5.10 Å². The van der Waals surface area contributed by atoms with Gasteiger partial charge in [0.25, 0.3) is 0 Å². The average molecular weight is 515 g/mol. The lowest BCUT2D eigenvalue weighted by atomic mass is 9.94. The number of fused-ring (bicyclic) bond motifs is 2. The number of piperidine rings is 1. The molecule has 0 amide bonds. The lowest BCUT2D eigenvalue weighted by molar-refractivity contribution is 0.131. The van der Waals surface area contributed by atoms with E-state index < -0.39 is 12.6 Å². The number of aromatic nitrogens is 4. The molecule has 5 rings (SSSR count). The summed E-state index contributed by atoms with van der Waals surface area (Å²) in [6.07, 6.45) is 0.101. The third kappa shape index (κ3) is 5.14. The van der Waals surface area contributed by atoms with E-state index in [-0.39, 0.29) is 18.4 Å². The first-order chi connectivity index (χ1) is 17.9. The number of alkyl halides is 3. The second-order valence-corrected chi connectivity index (χ2v) is 9.73. The zero-order valence-corrected chi connectivity index (χ0v) is 21.4. The molecule has 0 aromatic carbocycles. The van der Waals surface area contributed by atoms with Crippen molar-refractivity contribution in [1.82, 2.24) is 24.5 Å². The second-order valence-electron chi connectivity index (χ2n) is 9.73. The number of anilines is 2. The Morgan fingerprint density at radius 2 is 2.03 bits per heavy atom. The van der Waals surface area contributed by atoms with Gasteiger partial charge in [-0.1, -0.05) is 6.92 Å². The van der Waals surface area contributed by atoms with Gasteiger partial charge in [0, 0.05) is 49.9 Å². The van der Waals surface area contributed by atoms with Crippen LogP contribution < -0.4 is 10.6 Å². The summed E-state index contributed by atoms with van der Waals surface area (Å²) < 4.78 is 41.8. The molecule has 0 bridgehead atoms. The highest BCUT2D eigenvalue weighted by Gasteiger charge is 2.30. The Balaban J connectivity index is 1.42. The number of aliphatic imine (C=N–C) groups is 1. The van der Waals surface area contributed by atoms with E-state index in [1.807, 2.05) is 38.2 Å². The van der Waals surface area contributed by atoms with Crippen molar-refractivity contribution in [1.29, 1.82) is 0 Å². The summed E-state index contributed by atoms with van der Waals surface area (Å²) in [5, 5.41) is 10.9. The highest BCUT2D eigenvalue weighted by Crippen LogP contribution is 2.39. The predicted molar refractivity (Wildman–Crippen MR) is 140 cm³/mol. The summed E-state index contributed by atoms with van der Waals surface area (Å²) in [6, 6.07) is 5.42. The molecule has 37 heavy (non-hydrogen) atoms. The van der Waals surface area contributed by atoms with Crippen LogP contribution in [0, 0.1) is 0 Å². The van der Waals surface area contributed by atoms with E-state index >= 15 is 0 Å². The molecule has 0 spiro atoms. The molecule has 198 valence electrons. The zero-order valence-electron chi connectivity index (χ0n) is 21.4. The Bertz CT molecular complexity index is 1290. The van der Waals surface area contributed by atoms with Crippen molar-refractivity contribution in [3.63, 3.8) is 0 Å². The third-order valence-electron chi connectivity index (χ3n) is 7.36. The maximum Gasteiger partial charge on any atom is 0.243 e. The fourth-order valence-corrected chi connectivity index (χ4v) is 5.31. The van der Waals surface area contributed by atoms with Crippen LogP contribution in [0.5, 0.6) is 0 Å². The number of hydrogen-bond donors (Lipinski definition) is 2. The van der Waals surface area contributed by atoms with Gasteiger partial charge < -0.3 is 15.5 Å². The lowest BCUT2D eigenvalue weighted by Gasteiger charge is -2.34. The van der Waals surface area contributed by atoms with Crippen LogP contribution in [0.4, 0.5) is 30.6 Å². The molecule has 1 unspecified atom stereocenters. The molecule has 11 heteroatoms. The number of nitrogens with zero attached hydrogens (tertiary/aromatic N) is 6. The summed E-state index contributed by atoms with van der Waals surface area (Å²) in [7, 11) is 1.78.